The van der Waals surface area contributed by atoms with E-state index in [0.29, 0.717) is 44.3 Å². The van der Waals surface area contributed by atoms with E-state index in [9.17, 15) is 14.4 Å². The van der Waals surface area contributed by atoms with Crippen LogP contribution < -0.4 is 15.5 Å². The summed E-state index contributed by atoms with van der Waals surface area (Å²) in [6, 6.07) is 16.1. The van der Waals surface area contributed by atoms with Crippen LogP contribution in [0.2, 0.25) is 0 Å². The van der Waals surface area contributed by atoms with E-state index in [2.05, 4.69) is 21.4 Å². The Kier molecular flexibility index (Phi) is 7.81. The van der Waals surface area contributed by atoms with E-state index in [-0.39, 0.29) is 11.8 Å². The highest BCUT2D eigenvalue weighted by molar-refractivity contribution is 5.99. The number of anilines is 2. The number of benzene rings is 2. The summed E-state index contributed by atoms with van der Waals surface area (Å²) in [6.45, 7) is 0.493. The molecule has 1 atom stereocenters. The van der Waals surface area contributed by atoms with Crippen molar-refractivity contribution in [3.05, 3.63) is 59.7 Å². The van der Waals surface area contributed by atoms with E-state index < -0.39 is 12.1 Å². The minimum Gasteiger partial charge on any atom is -0.453 e. The Bertz CT molecular complexity index is 1020. The maximum Gasteiger partial charge on any atom is 0.407 e. The van der Waals surface area contributed by atoms with Crippen LogP contribution in [0.25, 0.3) is 0 Å². The molecule has 0 saturated carbocycles. The summed E-state index contributed by atoms with van der Waals surface area (Å²) in [5, 5.41) is 14.2. The van der Waals surface area contributed by atoms with Gasteiger partial charge in [0.15, 0.2) is 0 Å². The number of nitrogens with zero attached hydrogens (tertiary/aromatic N) is 2. The van der Waals surface area contributed by atoms with Crippen molar-refractivity contribution in [1.29, 1.82) is 5.26 Å². The first-order chi connectivity index (χ1) is 15.5. The third-order valence-electron chi connectivity index (χ3n) is 5.29. The quantitative estimate of drug-likeness (QED) is 0.620. The molecule has 1 unspecified atom stereocenters. The van der Waals surface area contributed by atoms with Crippen molar-refractivity contribution < 1.29 is 19.1 Å². The van der Waals surface area contributed by atoms with Crippen LogP contribution in [0.1, 0.15) is 30.4 Å². The van der Waals surface area contributed by atoms with Crippen LogP contribution in [0.5, 0.6) is 0 Å². The molecular weight excluding hydrogens is 408 g/mol. The Morgan fingerprint density at radius 1 is 1.19 bits per heavy atom. The number of hydrogen-bond acceptors (Lipinski definition) is 5. The van der Waals surface area contributed by atoms with E-state index in [0.717, 1.165) is 16.8 Å². The second-order valence-electron chi connectivity index (χ2n) is 7.52. The minimum absolute atomic E-state index is 0.0393. The predicted octanol–water partition coefficient (Wildman–Crippen LogP) is 3.18. The average molecular weight is 434 g/mol. The van der Waals surface area contributed by atoms with Gasteiger partial charge in [-0.3, -0.25) is 9.59 Å². The molecule has 0 aliphatic carbocycles. The Labute approximate surface area is 187 Å². The lowest BCUT2D eigenvalue weighted by Gasteiger charge is -2.30. The maximum absolute atomic E-state index is 13.0. The molecular formula is C24H26N4O4. The van der Waals surface area contributed by atoms with E-state index >= 15 is 0 Å². The molecule has 2 N–H and O–H groups in total. The zero-order valence-electron chi connectivity index (χ0n) is 18.0. The number of nitrogens with one attached hydrogen (secondary N) is 2. The molecule has 32 heavy (non-hydrogen) atoms. The lowest BCUT2D eigenvalue weighted by molar-refractivity contribution is -0.119. The van der Waals surface area contributed by atoms with Crippen molar-refractivity contribution in [3.63, 3.8) is 0 Å². The number of methoxy groups -OCH3 is 1. The van der Waals surface area contributed by atoms with Crippen molar-refractivity contribution in [1.82, 2.24) is 5.32 Å². The van der Waals surface area contributed by atoms with Gasteiger partial charge in [0.2, 0.25) is 11.8 Å². The second kappa shape index (κ2) is 11.0. The van der Waals surface area contributed by atoms with Gasteiger partial charge in [0, 0.05) is 37.2 Å². The summed E-state index contributed by atoms with van der Waals surface area (Å²) < 4.78 is 4.67. The van der Waals surface area contributed by atoms with Gasteiger partial charge in [-0.2, -0.15) is 5.26 Å². The molecule has 3 rings (SSSR count). The van der Waals surface area contributed by atoms with E-state index in [1.165, 1.54) is 7.11 Å². The van der Waals surface area contributed by atoms with Gasteiger partial charge >= 0.3 is 6.09 Å². The van der Waals surface area contributed by atoms with Crippen LogP contribution in [0.3, 0.4) is 0 Å². The maximum atomic E-state index is 13.0. The van der Waals surface area contributed by atoms with Crippen LogP contribution in [0.15, 0.2) is 48.5 Å². The first-order valence-corrected chi connectivity index (χ1v) is 10.5. The molecule has 3 amide bonds. The number of aryl methyl sites for hydroxylation is 1. The lowest BCUT2D eigenvalue weighted by Crippen LogP contribution is -2.45. The smallest absolute Gasteiger partial charge is 0.407 e. The second-order valence-corrected chi connectivity index (χ2v) is 7.52. The summed E-state index contributed by atoms with van der Waals surface area (Å²) in [5.74, 6) is -0.325. The Balaban J connectivity index is 1.74. The summed E-state index contributed by atoms with van der Waals surface area (Å²) in [4.78, 5) is 38.8. The summed E-state index contributed by atoms with van der Waals surface area (Å²) >= 11 is 0. The molecule has 1 aliphatic rings. The third-order valence-corrected chi connectivity index (χ3v) is 5.29. The van der Waals surface area contributed by atoms with Gasteiger partial charge in [0.25, 0.3) is 0 Å². The number of ether oxygens (including phenoxy) is 1. The predicted molar refractivity (Wildman–Crippen MR) is 120 cm³/mol. The number of hydrogen-bond donors (Lipinski definition) is 2. The molecule has 1 aliphatic heterocycles. The van der Waals surface area contributed by atoms with Crippen LogP contribution in [-0.4, -0.2) is 37.6 Å². The highest BCUT2D eigenvalue weighted by Gasteiger charge is 2.25. The molecule has 0 aromatic heterocycles. The number of rotatable bonds is 8. The Morgan fingerprint density at radius 3 is 2.69 bits per heavy atom. The van der Waals surface area contributed by atoms with Gasteiger partial charge in [-0.15, -0.1) is 0 Å². The zero-order valence-corrected chi connectivity index (χ0v) is 18.0. The standard InChI is InChI=1S/C24H26N4O4/c1-32-24(31)27-20(15-17-7-3-2-4-8-17)23(30)26-19-10-11-21-18(16-19)9-12-22(29)28(21)14-6-5-13-25/h2-4,7-8,10-11,16,20H,5-6,9,12,14-15H2,1H3,(H,26,30)(H,27,31). The van der Waals surface area contributed by atoms with Crippen LogP contribution in [0, 0.1) is 11.3 Å². The molecule has 0 bridgehead atoms. The zero-order chi connectivity index (χ0) is 22.9. The molecule has 8 nitrogen and oxygen atoms in total. The van der Waals surface area contributed by atoms with E-state index in [1.807, 2.05) is 42.5 Å². The molecule has 1 heterocycles. The summed E-state index contributed by atoms with van der Waals surface area (Å²) in [5.41, 5.74) is 3.26. The Hall–Kier alpha value is -3.86. The number of fused-ring (bicyclic) bond motifs is 1. The largest absolute Gasteiger partial charge is 0.453 e. The highest BCUT2D eigenvalue weighted by atomic mass is 16.5. The molecule has 0 spiro atoms. The van der Waals surface area contributed by atoms with Crippen molar-refractivity contribution in [2.24, 2.45) is 0 Å². The molecule has 0 radical (unpaired) electrons. The van der Waals surface area contributed by atoms with Crippen LogP contribution in [-0.2, 0) is 27.2 Å². The molecule has 2 aromatic carbocycles. The van der Waals surface area contributed by atoms with E-state index in [1.54, 1.807) is 11.0 Å². The van der Waals surface area contributed by atoms with Crippen molar-refractivity contribution in [3.8, 4) is 6.07 Å². The van der Waals surface area contributed by atoms with Crippen molar-refractivity contribution >= 4 is 29.3 Å². The fraction of sp³-hybridized carbons (Fsp3) is 0.333. The number of carbonyl (C=O) groups is 3. The fourth-order valence-corrected chi connectivity index (χ4v) is 3.69. The van der Waals surface area contributed by atoms with E-state index in [4.69, 9.17) is 5.26 Å². The van der Waals surface area contributed by atoms with Gasteiger partial charge in [0.1, 0.15) is 6.04 Å². The van der Waals surface area contributed by atoms with Gasteiger partial charge in [-0.05, 0) is 42.2 Å². The normalized spacial score (nSPS) is 13.5. The number of carbonyl (C=O) groups excluding carboxylic acids is 3. The SMILES string of the molecule is COC(=O)NC(Cc1ccccc1)C(=O)Nc1ccc2c(c1)CCC(=O)N2CCCC#N. The van der Waals surface area contributed by atoms with Crippen molar-refractivity contribution in [2.45, 2.75) is 38.1 Å². The van der Waals surface area contributed by atoms with Gasteiger partial charge in [-0.25, -0.2) is 4.79 Å². The first-order valence-electron chi connectivity index (χ1n) is 10.5. The molecule has 8 heteroatoms. The monoisotopic (exact) mass is 434 g/mol. The number of alkyl carbamates (subject to hydrolysis) is 1. The van der Waals surface area contributed by atoms with Crippen LogP contribution >= 0.6 is 0 Å². The molecule has 2 aromatic rings. The summed E-state index contributed by atoms with van der Waals surface area (Å²) in [6.07, 6.45) is 1.60. The number of nitriles is 1. The fourth-order valence-electron chi connectivity index (χ4n) is 3.69. The summed E-state index contributed by atoms with van der Waals surface area (Å²) in [7, 11) is 1.25. The minimum atomic E-state index is -0.815. The Morgan fingerprint density at radius 2 is 1.97 bits per heavy atom. The topological polar surface area (TPSA) is 112 Å². The molecule has 0 fully saturated rings. The average Bonchev–Trinajstić information content (AvgIpc) is 2.80. The van der Waals surface area contributed by atoms with Crippen molar-refractivity contribution in [2.75, 3.05) is 23.9 Å². The molecule has 166 valence electrons. The van der Waals surface area contributed by atoms with Crippen LogP contribution in [0.4, 0.5) is 16.2 Å². The third kappa shape index (κ3) is 5.85. The number of amides is 3. The highest BCUT2D eigenvalue weighted by Crippen LogP contribution is 2.30. The first kappa shape index (κ1) is 22.8. The van der Waals surface area contributed by atoms with Gasteiger partial charge < -0.3 is 20.3 Å². The number of unbranched alkanes of at least 4 members (excludes halogenated alkanes) is 1. The van der Waals surface area contributed by atoms with Gasteiger partial charge in [-0.1, -0.05) is 30.3 Å². The molecule has 0 saturated heterocycles. The lowest BCUT2D eigenvalue weighted by atomic mass is 9.99. The van der Waals surface area contributed by atoms with Gasteiger partial charge in [0.05, 0.1) is 13.2 Å².